The third-order valence-electron chi connectivity index (χ3n) is 11.6. The van der Waals surface area contributed by atoms with Gasteiger partial charge in [-0.2, -0.15) is 47.0 Å². The van der Waals surface area contributed by atoms with E-state index in [-0.39, 0.29) is 48.7 Å². The Kier molecular flexibility index (Phi) is 28.6. The van der Waals surface area contributed by atoms with Crippen LogP contribution >= 0.6 is 47.0 Å². The lowest BCUT2D eigenvalue weighted by molar-refractivity contribution is 0.0459. The van der Waals surface area contributed by atoms with Crippen molar-refractivity contribution in [1.29, 1.82) is 0 Å². The largest absolute Gasteiger partial charge is 0.475 e. The summed E-state index contributed by atoms with van der Waals surface area (Å²) in [6.07, 6.45) is 5.32. The van der Waals surface area contributed by atoms with Gasteiger partial charge in [0, 0.05) is 24.2 Å². The quantitative estimate of drug-likeness (QED) is 0.138. The minimum Gasteiger partial charge on any atom is -0.462 e. The van der Waals surface area contributed by atoms with Gasteiger partial charge in [0.25, 0.3) is 0 Å². The first-order valence-corrected chi connectivity index (χ1v) is 54.4. The van der Waals surface area contributed by atoms with E-state index in [1.54, 1.807) is 95.6 Å². The summed E-state index contributed by atoms with van der Waals surface area (Å²) < 4.78 is 85.4. The zero-order valence-electron chi connectivity index (χ0n) is 49.8. The SMILES string of the molecule is C[Si](C)(C)O[Si]12CCCSCCCOC(=O)c3ccccc3C(=O)OCCCSCCC[Si](O[Si](C)(C)C)(O1)O[Si]1(O[Si](C)(C)C)CCCSCCCOC(=O)c3ccccc3C(=O)OCCCSCCC[Si](O[Si](C)(C)C)(O1)O2. The molecule has 2 aromatic rings. The highest BCUT2D eigenvalue weighted by molar-refractivity contribution is 7.99. The fraction of sp³-hybridized carbons (Fsp3) is 0.692. The van der Waals surface area contributed by atoms with Crippen LogP contribution in [-0.2, 0) is 51.9 Å². The van der Waals surface area contributed by atoms with Gasteiger partial charge in [0.2, 0.25) is 0 Å². The number of rotatable bonds is 8. The maximum Gasteiger partial charge on any atom is 0.475 e. The molecule has 16 nitrogen and oxygen atoms in total. The molecule has 0 N–H and O–H groups in total. The van der Waals surface area contributed by atoms with E-state index in [0.717, 1.165) is 46.0 Å². The Hall–Kier alpha value is -0.865. The first kappa shape index (κ1) is 69.9. The van der Waals surface area contributed by atoms with Gasteiger partial charge >= 0.3 is 59.1 Å². The lowest BCUT2D eigenvalue weighted by Gasteiger charge is -2.54. The van der Waals surface area contributed by atoms with Gasteiger partial charge in [0.05, 0.1) is 48.7 Å². The summed E-state index contributed by atoms with van der Waals surface area (Å²) in [6.45, 7) is 27.1. The molecule has 0 unspecified atom stereocenters. The van der Waals surface area contributed by atoms with Crippen molar-refractivity contribution in [2.24, 2.45) is 0 Å². The number of ether oxygens (including phenoxy) is 4. The van der Waals surface area contributed by atoms with Crippen LogP contribution in [0.2, 0.25) is 103 Å². The predicted octanol–water partition coefficient (Wildman–Crippen LogP) is 13.3. The molecular weight excluding hydrogens is 1230 g/mol. The van der Waals surface area contributed by atoms with Gasteiger partial charge in [-0.25, -0.2) is 19.2 Å². The highest BCUT2D eigenvalue weighted by atomic mass is 32.2. The zero-order chi connectivity index (χ0) is 58.6. The number of esters is 4. The molecule has 3 heterocycles. The smallest absolute Gasteiger partial charge is 0.462 e. The summed E-state index contributed by atoms with van der Waals surface area (Å²) >= 11 is 7.09. The van der Waals surface area contributed by atoms with Crippen molar-refractivity contribution in [1.82, 2.24) is 0 Å². The van der Waals surface area contributed by atoms with Crippen molar-refractivity contribution in [2.75, 3.05) is 72.5 Å². The molecule has 1 saturated heterocycles. The molecule has 3 aliphatic heterocycles. The van der Waals surface area contributed by atoms with Crippen molar-refractivity contribution in [3.8, 4) is 0 Å². The fourth-order valence-electron chi connectivity index (χ4n) is 8.94. The van der Waals surface area contributed by atoms with Crippen molar-refractivity contribution in [2.45, 2.75) is 154 Å². The third kappa shape index (κ3) is 25.2. The molecule has 0 aliphatic carbocycles. The molecule has 3 aliphatic rings. The van der Waals surface area contributed by atoms with Crippen molar-refractivity contribution >= 4 is 139 Å². The van der Waals surface area contributed by atoms with Crippen LogP contribution in [0.25, 0.3) is 0 Å². The summed E-state index contributed by atoms with van der Waals surface area (Å²) in [5.41, 5.74) is 0.812. The van der Waals surface area contributed by atoms with Crippen LogP contribution in [0.4, 0.5) is 0 Å². The molecule has 4 bridgehead atoms. The van der Waals surface area contributed by atoms with E-state index < -0.39 is 92.4 Å². The lowest BCUT2D eigenvalue weighted by Crippen LogP contribution is -2.76. The number of carbonyl (C=O) groups is 4. The van der Waals surface area contributed by atoms with Gasteiger partial charge < -0.3 is 51.9 Å². The number of fused-ring (bicyclic) bond motifs is 6. The van der Waals surface area contributed by atoms with Crippen molar-refractivity contribution in [3.63, 3.8) is 0 Å². The van der Waals surface area contributed by atoms with Crippen LogP contribution in [0.3, 0.4) is 0 Å². The number of carbonyl (C=O) groups excluding carboxylic acids is 4. The van der Waals surface area contributed by atoms with Gasteiger partial charge in [-0.15, -0.1) is 0 Å². The highest BCUT2D eigenvalue weighted by Gasteiger charge is 2.69. The minimum atomic E-state index is -3.91. The molecule has 0 radical (unpaired) electrons. The maximum absolute atomic E-state index is 13.3. The van der Waals surface area contributed by atoms with Crippen molar-refractivity contribution in [3.05, 3.63) is 70.8 Å². The number of cyclic esters (lactones) is 4. The van der Waals surface area contributed by atoms with Gasteiger partial charge in [-0.1, -0.05) is 24.3 Å². The molecule has 1 fully saturated rings. The first-order chi connectivity index (χ1) is 37.6. The van der Waals surface area contributed by atoms with Gasteiger partial charge in [0.1, 0.15) is 0 Å². The molecule has 0 spiro atoms. The molecule has 28 heteroatoms. The van der Waals surface area contributed by atoms with Gasteiger partial charge in [-0.3, -0.25) is 0 Å². The Morgan fingerprint density at radius 3 is 0.700 bits per heavy atom. The van der Waals surface area contributed by atoms with Crippen LogP contribution in [0.15, 0.2) is 48.5 Å². The monoisotopic (exact) mass is 1320 g/mol. The van der Waals surface area contributed by atoms with Crippen LogP contribution in [0.1, 0.15) is 92.8 Å². The second-order valence-electron chi connectivity index (χ2n) is 23.9. The molecule has 80 heavy (non-hydrogen) atoms. The van der Waals surface area contributed by atoms with E-state index in [4.69, 9.17) is 51.9 Å². The Balaban J connectivity index is 1.59. The number of benzene rings is 2. The summed E-state index contributed by atoms with van der Waals surface area (Å²) in [5.74, 6) is 3.84. The van der Waals surface area contributed by atoms with E-state index >= 15 is 0 Å². The second-order valence-corrected chi connectivity index (χ2v) is 59.7. The molecule has 0 aromatic heterocycles. The summed E-state index contributed by atoms with van der Waals surface area (Å²) in [6, 6.07) is 15.3. The molecule has 5 rings (SSSR count). The zero-order valence-corrected chi connectivity index (χ0v) is 61.0. The van der Waals surface area contributed by atoms with Crippen molar-refractivity contribution < 1.29 is 71.0 Å². The fourth-order valence-corrected chi connectivity index (χ4v) is 49.8. The van der Waals surface area contributed by atoms with Crippen LogP contribution in [-0.4, -0.2) is 165 Å². The number of hydrogen-bond donors (Lipinski definition) is 0. The minimum absolute atomic E-state index is 0.203. The number of thioether (sulfide) groups is 4. The summed E-state index contributed by atoms with van der Waals surface area (Å²) in [4.78, 5) is 53.1. The molecule has 0 atom stereocenters. The Morgan fingerprint density at radius 2 is 0.512 bits per heavy atom. The normalized spacial score (nSPS) is 27.1. The van der Waals surface area contributed by atoms with Gasteiger partial charge in [0.15, 0.2) is 33.3 Å². The average Bonchev–Trinajstić information content (AvgIpc) is 3.33. The molecule has 0 saturated carbocycles. The topological polar surface area (TPSA) is 179 Å². The standard InChI is InChI=1S/C52H92O16S4Si8/c1-73(2,3)61-77-41-21-37-69-33-17-29-57-49(53)45-25-13-14-26-46(45)50(54)58-30-18-34-70-38-22-42-78(65-77,62-74(4,5)6)68-80(64-76(10,11)12)44-24-40-72-36-20-32-60-52(56)48-28-16-15-27-47(48)51(55)59-31-19-35-71-39-23-43-79(66-80,67-77)63-75(7,8)9/h13-16,25-28H,17-24,29-44H2,1-12H3. The van der Waals surface area contributed by atoms with E-state index in [1.807, 2.05) is 0 Å². The predicted molar refractivity (Wildman–Crippen MR) is 345 cm³/mol. The Morgan fingerprint density at radius 1 is 0.325 bits per heavy atom. The Bertz CT molecular complexity index is 1990. The van der Waals surface area contributed by atoms with E-state index in [9.17, 15) is 19.2 Å². The van der Waals surface area contributed by atoms with Crippen LogP contribution in [0.5, 0.6) is 0 Å². The summed E-state index contributed by atoms with van der Waals surface area (Å²) in [5, 5.41) is 0. The van der Waals surface area contributed by atoms with Gasteiger partial charge in [-0.05, 0) is 200 Å². The molecule has 452 valence electrons. The van der Waals surface area contributed by atoms with E-state index in [0.29, 0.717) is 75.5 Å². The first-order valence-electron chi connectivity index (χ1n) is 28.4. The Labute approximate surface area is 504 Å². The highest BCUT2D eigenvalue weighted by Crippen LogP contribution is 2.45. The molecule has 0 amide bonds. The van der Waals surface area contributed by atoms with E-state index in [2.05, 4.69) is 78.6 Å². The lowest BCUT2D eigenvalue weighted by atomic mass is 10.1. The number of hydrogen-bond acceptors (Lipinski definition) is 20. The molecular formula is C52H92O16S4Si8. The molecule has 2 aromatic carbocycles. The van der Waals surface area contributed by atoms with Crippen LogP contribution < -0.4 is 0 Å². The third-order valence-corrected chi connectivity index (χ3v) is 44.8. The van der Waals surface area contributed by atoms with E-state index in [1.165, 1.54) is 0 Å². The summed E-state index contributed by atoms with van der Waals surface area (Å²) in [7, 11) is -25.7. The second kappa shape index (κ2) is 32.8. The van der Waals surface area contributed by atoms with Crippen LogP contribution in [0, 0.1) is 0 Å². The maximum atomic E-state index is 13.3. The average molecular weight is 1330 g/mol.